The second-order valence-corrected chi connectivity index (χ2v) is 7.42. The smallest absolute Gasteiger partial charge is 0.0314 e. The molecular formula is C17H20BrNS. The molecule has 1 aliphatic carbocycles. The SMILES string of the molecule is CNC(Cc1sccc1Br)C1CCc2ccccc2C1. The van der Waals surface area contributed by atoms with Crippen molar-refractivity contribution in [1.29, 1.82) is 0 Å². The molecule has 3 heteroatoms. The first-order valence-corrected chi connectivity index (χ1v) is 8.91. The molecule has 3 rings (SSSR count). The molecule has 1 heterocycles. The van der Waals surface area contributed by atoms with Crippen molar-refractivity contribution in [3.05, 3.63) is 56.2 Å². The largest absolute Gasteiger partial charge is 0.316 e. The highest BCUT2D eigenvalue weighted by Gasteiger charge is 2.26. The normalized spacial score (nSPS) is 19.6. The van der Waals surface area contributed by atoms with Crippen LogP contribution in [0.25, 0.3) is 0 Å². The molecule has 1 aromatic heterocycles. The fourth-order valence-electron chi connectivity index (χ4n) is 3.24. The van der Waals surface area contributed by atoms with Crippen LogP contribution in [0, 0.1) is 5.92 Å². The first-order chi connectivity index (χ1) is 9.78. The Hall–Kier alpha value is -0.640. The number of thiophene rings is 1. The number of aryl methyl sites for hydroxylation is 1. The minimum Gasteiger partial charge on any atom is -0.316 e. The van der Waals surface area contributed by atoms with Gasteiger partial charge in [-0.2, -0.15) is 0 Å². The fourth-order valence-corrected chi connectivity index (χ4v) is 4.82. The summed E-state index contributed by atoms with van der Waals surface area (Å²) in [4.78, 5) is 1.46. The molecule has 0 amide bonds. The maximum absolute atomic E-state index is 3.66. The van der Waals surface area contributed by atoms with Gasteiger partial charge in [-0.15, -0.1) is 11.3 Å². The minimum absolute atomic E-state index is 0.568. The lowest BCUT2D eigenvalue weighted by atomic mass is 9.79. The van der Waals surface area contributed by atoms with E-state index in [-0.39, 0.29) is 0 Å². The highest BCUT2D eigenvalue weighted by atomic mass is 79.9. The zero-order chi connectivity index (χ0) is 13.9. The molecule has 1 nitrogen and oxygen atoms in total. The molecule has 20 heavy (non-hydrogen) atoms. The van der Waals surface area contributed by atoms with Crippen LogP contribution in [-0.4, -0.2) is 13.1 Å². The van der Waals surface area contributed by atoms with Crippen LogP contribution in [0.1, 0.15) is 22.4 Å². The van der Waals surface area contributed by atoms with Crippen LogP contribution in [0.4, 0.5) is 0 Å². The van der Waals surface area contributed by atoms with Gasteiger partial charge in [-0.05, 0) is 77.2 Å². The molecule has 2 aromatic rings. The van der Waals surface area contributed by atoms with Gasteiger partial charge in [0.25, 0.3) is 0 Å². The standard InChI is InChI=1S/C17H20BrNS/c1-19-16(11-17-15(18)8-9-20-17)14-7-6-12-4-2-3-5-13(12)10-14/h2-5,8-9,14,16,19H,6-7,10-11H2,1H3. The molecular weight excluding hydrogens is 330 g/mol. The minimum atomic E-state index is 0.568. The topological polar surface area (TPSA) is 12.0 Å². The van der Waals surface area contributed by atoms with Crippen molar-refractivity contribution in [3.8, 4) is 0 Å². The van der Waals surface area contributed by atoms with Gasteiger partial charge < -0.3 is 5.32 Å². The van der Waals surface area contributed by atoms with Gasteiger partial charge in [0.1, 0.15) is 0 Å². The lowest BCUT2D eigenvalue weighted by Gasteiger charge is -2.31. The Balaban J connectivity index is 1.73. The maximum atomic E-state index is 3.66. The molecule has 106 valence electrons. The van der Waals surface area contributed by atoms with Gasteiger partial charge in [-0.1, -0.05) is 24.3 Å². The predicted octanol–water partition coefficient (Wildman–Crippen LogP) is 4.45. The van der Waals surface area contributed by atoms with Crippen molar-refractivity contribution >= 4 is 27.3 Å². The van der Waals surface area contributed by atoms with E-state index in [2.05, 4.69) is 64.0 Å². The van der Waals surface area contributed by atoms with Gasteiger partial charge in [0.05, 0.1) is 0 Å². The van der Waals surface area contributed by atoms with Crippen LogP contribution >= 0.6 is 27.3 Å². The third-order valence-corrected chi connectivity index (χ3v) is 6.37. The first kappa shape index (κ1) is 14.3. The average molecular weight is 350 g/mol. The maximum Gasteiger partial charge on any atom is 0.0314 e. The molecule has 0 saturated heterocycles. The van der Waals surface area contributed by atoms with E-state index in [0.717, 1.165) is 12.3 Å². The molecule has 1 aliphatic rings. The van der Waals surface area contributed by atoms with Crippen molar-refractivity contribution in [2.24, 2.45) is 5.92 Å². The number of rotatable bonds is 4. The summed E-state index contributed by atoms with van der Waals surface area (Å²) in [6.07, 6.45) is 4.86. The third kappa shape index (κ3) is 3.00. The summed E-state index contributed by atoms with van der Waals surface area (Å²) in [6, 6.07) is 11.6. The van der Waals surface area contributed by atoms with Crippen molar-refractivity contribution in [1.82, 2.24) is 5.32 Å². The van der Waals surface area contributed by atoms with Gasteiger partial charge in [-0.25, -0.2) is 0 Å². The molecule has 0 aliphatic heterocycles. The fraction of sp³-hybridized carbons (Fsp3) is 0.412. The summed E-state index contributed by atoms with van der Waals surface area (Å²) >= 11 is 5.51. The van der Waals surface area contributed by atoms with Crippen LogP contribution in [0.15, 0.2) is 40.2 Å². The summed E-state index contributed by atoms with van der Waals surface area (Å²) in [6.45, 7) is 0. The molecule has 0 bridgehead atoms. The van der Waals surface area contributed by atoms with E-state index in [1.165, 1.54) is 28.6 Å². The van der Waals surface area contributed by atoms with E-state index in [0.29, 0.717) is 6.04 Å². The van der Waals surface area contributed by atoms with Crippen LogP contribution in [-0.2, 0) is 19.3 Å². The average Bonchev–Trinajstić information content (AvgIpc) is 2.89. The number of likely N-dealkylation sites (N-methyl/N-ethyl adjacent to an activating group) is 1. The van der Waals surface area contributed by atoms with E-state index < -0.39 is 0 Å². The van der Waals surface area contributed by atoms with Crippen LogP contribution in [0.5, 0.6) is 0 Å². The highest BCUT2D eigenvalue weighted by Crippen LogP contribution is 2.31. The zero-order valence-electron chi connectivity index (χ0n) is 11.7. The van der Waals surface area contributed by atoms with E-state index in [1.807, 2.05) is 11.3 Å². The van der Waals surface area contributed by atoms with E-state index >= 15 is 0 Å². The molecule has 0 radical (unpaired) electrons. The van der Waals surface area contributed by atoms with Gasteiger partial charge in [0, 0.05) is 15.4 Å². The Morgan fingerprint density at radius 1 is 1.30 bits per heavy atom. The van der Waals surface area contributed by atoms with Crippen molar-refractivity contribution < 1.29 is 0 Å². The van der Waals surface area contributed by atoms with Crippen molar-refractivity contribution in [2.75, 3.05) is 7.05 Å². The number of hydrogen-bond donors (Lipinski definition) is 1. The van der Waals surface area contributed by atoms with E-state index in [1.54, 1.807) is 11.1 Å². The molecule has 2 atom stereocenters. The zero-order valence-corrected chi connectivity index (χ0v) is 14.1. The number of fused-ring (bicyclic) bond motifs is 1. The Bertz CT molecular complexity index is 578. The first-order valence-electron chi connectivity index (χ1n) is 7.24. The molecule has 0 fully saturated rings. The van der Waals surface area contributed by atoms with Gasteiger partial charge in [-0.3, -0.25) is 0 Å². The number of halogens is 1. The van der Waals surface area contributed by atoms with E-state index in [9.17, 15) is 0 Å². The number of hydrogen-bond acceptors (Lipinski definition) is 2. The molecule has 1 aromatic carbocycles. The Morgan fingerprint density at radius 3 is 2.80 bits per heavy atom. The second kappa shape index (κ2) is 6.42. The molecule has 0 spiro atoms. The Morgan fingerprint density at radius 2 is 2.10 bits per heavy atom. The summed E-state index contributed by atoms with van der Waals surface area (Å²) in [5.41, 5.74) is 3.10. The summed E-state index contributed by atoms with van der Waals surface area (Å²) < 4.78 is 1.26. The van der Waals surface area contributed by atoms with Gasteiger partial charge >= 0.3 is 0 Å². The number of nitrogens with one attached hydrogen (secondary N) is 1. The third-order valence-electron chi connectivity index (χ3n) is 4.42. The predicted molar refractivity (Wildman–Crippen MR) is 90.5 cm³/mol. The molecule has 0 saturated carbocycles. The molecule has 2 unspecified atom stereocenters. The van der Waals surface area contributed by atoms with Crippen molar-refractivity contribution in [3.63, 3.8) is 0 Å². The summed E-state index contributed by atoms with van der Waals surface area (Å²) in [7, 11) is 2.10. The summed E-state index contributed by atoms with van der Waals surface area (Å²) in [5, 5.41) is 5.72. The lowest BCUT2D eigenvalue weighted by Crippen LogP contribution is -2.38. The number of benzene rings is 1. The van der Waals surface area contributed by atoms with E-state index in [4.69, 9.17) is 0 Å². The van der Waals surface area contributed by atoms with Crippen LogP contribution < -0.4 is 5.32 Å². The second-order valence-electron chi connectivity index (χ2n) is 5.56. The highest BCUT2D eigenvalue weighted by molar-refractivity contribution is 9.10. The van der Waals surface area contributed by atoms with Gasteiger partial charge in [0.15, 0.2) is 0 Å². The lowest BCUT2D eigenvalue weighted by molar-refractivity contribution is 0.334. The quantitative estimate of drug-likeness (QED) is 0.859. The molecule has 1 N–H and O–H groups in total. The van der Waals surface area contributed by atoms with Gasteiger partial charge in [0.2, 0.25) is 0 Å². The Labute approximate surface area is 133 Å². The van der Waals surface area contributed by atoms with Crippen LogP contribution in [0.2, 0.25) is 0 Å². The van der Waals surface area contributed by atoms with Crippen molar-refractivity contribution in [2.45, 2.75) is 31.7 Å². The summed E-state index contributed by atoms with van der Waals surface area (Å²) in [5.74, 6) is 0.740. The Kier molecular flexibility index (Phi) is 4.59. The monoisotopic (exact) mass is 349 g/mol. The van der Waals surface area contributed by atoms with Crippen LogP contribution in [0.3, 0.4) is 0 Å².